The van der Waals surface area contributed by atoms with Gasteiger partial charge >= 0.3 is 0 Å². The van der Waals surface area contributed by atoms with E-state index in [1.54, 1.807) is 0 Å². The lowest BCUT2D eigenvalue weighted by atomic mass is 10.3. The van der Waals surface area contributed by atoms with Crippen molar-refractivity contribution >= 4 is 34.6 Å². The van der Waals surface area contributed by atoms with Crippen LogP contribution in [0.1, 0.15) is 6.92 Å². The van der Waals surface area contributed by atoms with Crippen LogP contribution in [0.25, 0.3) is 0 Å². The SMILES string of the molecule is CC(COc1ccccc1)NC(=S)Nc1ccccc1Cl. The number of ether oxygens (including phenoxy) is 1. The average molecular weight is 321 g/mol. The summed E-state index contributed by atoms with van der Waals surface area (Å²) in [6.45, 7) is 2.53. The van der Waals surface area contributed by atoms with Gasteiger partial charge in [0.1, 0.15) is 12.4 Å². The Morgan fingerprint density at radius 2 is 1.81 bits per heavy atom. The van der Waals surface area contributed by atoms with Crippen LogP contribution in [0.3, 0.4) is 0 Å². The second-order valence-corrected chi connectivity index (χ2v) is 5.42. The highest BCUT2D eigenvalue weighted by molar-refractivity contribution is 7.80. The van der Waals surface area contributed by atoms with Crippen molar-refractivity contribution in [2.24, 2.45) is 0 Å². The molecule has 1 unspecified atom stereocenters. The fourth-order valence-electron chi connectivity index (χ4n) is 1.72. The average Bonchev–Trinajstić information content (AvgIpc) is 2.48. The van der Waals surface area contributed by atoms with Gasteiger partial charge in [-0.15, -0.1) is 0 Å². The number of hydrogen-bond donors (Lipinski definition) is 2. The number of rotatable bonds is 5. The largest absolute Gasteiger partial charge is 0.491 e. The van der Waals surface area contributed by atoms with E-state index in [9.17, 15) is 0 Å². The fraction of sp³-hybridized carbons (Fsp3) is 0.188. The Balaban J connectivity index is 1.78. The van der Waals surface area contributed by atoms with E-state index in [1.165, 1.54) is 0 Å². The molecule has 0 bridgehead atoms. The van der Waals surface area contributed by atoms with Crippen LogP contribution in [-0.4, -0.2) is 17.8 Å². The number of nitrogens with one attached hydrogen (secondary N) is 2. The first-order valence-electron chi connectivity index (χ1n) is 6.65. The highest BCUT2D eigenvalue weighted by Gasteiger charge is 2.06. The van der Waals surface area contributed by atoms with Gasteiger partial charge < -0.3 is 15.4 Å². The van der Waals surface area contributed by atoms with Crippen molar-refractivity contribution in [3.8, 4) is 5.75 Å². The molecule has 21 heavy (non-hydrogen) atoms. The molecule has 2 aromatic rings. The third kappa shape index (κ3) is 5.25. The maximum absolute atomic E-state index is 6.07. The maximum atomic E-state index is 6.07. The first kappa shape index (κ1) is 15.6. The van der Waals surface area contributed by atoms with Crippen LogP contribution in [0, 0.1) is 0 Å². The van der Waals surface area contributed by atoms with Crippen LogP contribution in [0.4, 0.5) is 5.69 Å². The minimum Gasteiger partial charge on any atom is -0.491 e. The molecule has 2 aromatic carbocycles. The van der Waals surface area contributed by atoms with E-state index >= 15 is 0 Å². The molecule has 0 heterocycles. The molecular formula is C16H17ClN2OS. The Hall–Kier alpha value is -1.78. The molecule has 0 aliphatic heterocycles. The summed E-state index contributed by atoms with van der Waals surface area (Å²) in [5, 5.41) is 7.39. The van der Waals surface area contributed by atoms with Gasteiger partial charge in [-0.3, -0.25) is 0 Å². The van der Waals surface area contributed by atoms with Crippen LogP contribution < -0.4 is 15.4 Å². The second kappa shape index (κ2) is 7.86. The van der Waals surface area contributed by atoms with Crippen LogP contribution >= 0.6 is 23.8 Å². The standard InChI is InChI=1S/C16H17ClN2OS/c1-12(11-20-13-7-3-2-4-8-13)18-16(21)19-15-10-6-5-9-14(15)17/h2-10,12H,11H2,1H3,(H2,18,19,21). The summed E-state index contributed by atoms with van der Waals surface area (Å²) in [7, 11) is 0. The van der Waals surface area contributed by atoms with Gasteiger partial charge in [0.05, 0.1) is 16.8 Å². The van der Waals surface area contributed by atoms with Crippen molar-refractivity contribution in [2.45, 2.75) is 13.0 Å². The Morgan fingerprint density at radius 1 is 1.14 bits per heavy atom. The molecule has 0 fully saturated rings. The smallest absolute Gasteiger partial charge is 0.171 e. The van der Waals surface area contributed by atoms with Crippen molar-refractivity contribution in [3.63, 3.8) is 0 Å². The molecule has 0 aromatic heterocycles. The van der Waals surface area contributed by atoms with E-state index in [0.29, 0.717) is 16.7 Å². The summed E-state index contributed by atoms with van der Waals surface area (Å²) < 4.78 is 5.67. The quantitative estimate of drug-likeness (QED) is 0.813. The van der Waals surface area contributed by atoms with Crippen molar-refractivity contribution in [3.05, 3.63) is 59.6 Å². The number of anilines is 1. The van der Waals surface area contributed by atoms with Gasteiger partial charge in [0.25, 0.3) is 0 Å². The first-order valence-corrected chi connectivity index (χ1v) is 7.43. The molecule has 0 radical (unpaired) electrons. The van der Waals surface area contributed by atoms with E-state index in [4.69, 9.17) is 28.6 Å². The Bertz CT molecular complexity index is 592. The van der Waals surface area contributed by atoms with Crippen molar-refractivity contribution in [1.82, 2.24) is 5.32 Å². The lowest BCUT2D eigenvalue weighted by Gasteiger charge is -2.18. The zero-order chi connectivity index (χ0) is 15.1. The van der Waals surface area contributed by atoms with Crippen LogP contribution in [0.15, 0.2) is 54.6 Å². The molecule has 1 atom stereocenters. The lowest BCUT2D eigenvalue weighted by molar-refractivity contribution is 0.287. The van der Waals surface area contributed by atoms with Crippen molar-refractivity contribution in [1.29, 1.82) is 0 Å². The fourth-order valence-corrected chi connectivity index (χ4v) is 2.22. The number of halogens is 1. The van der Waals surface area contributed by atoms with Gasteiger partial charge in [-0.1, -0.05) is 41.9 Å². The van der Waals surface area contributed by atoms with Gasteiger partial charge in [-0.05, 0) is 43.4 Å². The monoisotopic (exact) mass is 320 g/mol. The molecule has 0 saturated heterocycles. The molecule has 110 valence electrons. The molecule has 2 rings (SSSR count). The summed E-state index contributed by atoms with van der Waals surface area (Å²) in [6, 6.07) is 17.2. The summed E-state index contributed by atoms with van der Waals surface area (Å²) in [6.07, 6.45) is 0. The third-order valence-corrected chi connectivity index (χ3v) is 3.29. The Labute approximate surface area is 135 Å². The summed E-state index contributed by atoms with van der Waals surface area (Å²) in [4.78, 5) is 0. The van der Waals surface area contributed by atoms with E-state index in [1.807, 2.05) is 61.5 Å². The number of hydrogen-bond acceptors (Lipinski definition) is 2. The maximum Gasteiger partial charge on any atom is 0.171 e. The summed E-state index contributed by atoms with van der Waals surface area (Å²) in [5.41, 5.74) is 0.785. The predicted octanol–water partition coefficient (Wildman–Crippen LogP) is 4.09. The van der Waals surface area contributed by atoms with Gasteiger partial charge in [0.2, 0.25) is 0 Å². The third-order valence-electron chi connectivity index (χ3n) is 2.74. The molecule has 0 spiro atoms. The van der Waals surface area contributed by atoms with E-state index in [0.717, 1.165) is 11.4 Å². The number of thiocarbonyl (C=S) groups is 1. The summed E-state index contributed by atoms with van der Waals surface area (Å²) >= 11 is 11.3. The molecule has 0 amide bonds. The van der Waals surface area contributed by atoms with Gasteiger partial charge in [-0.2, -0.15) is 0 Å². The van der Waals surface area contributed by atoms with Crippen LogP contribution in [0.5, 0.6) is 5.75 Å². The Morgan fingerprint density at radius 3 is 2.52 bits per heavy atom. The van der Waals surface area contributed by atoms with Crippen molar-refractivity contribution < 1.29 is 4.74 Å². The topological polar surface area (TPSA) is 33.3 Å². The number of para-hydroxylation sites is 2. The van der Waals surface area contributed by atoms with Crippen molar-refractivity contribution in [2.75, 3.05) is 11.9 Å². The van der Waals surface area contributed by atoms with Crippen LogP contribution in [-0.2, 0) is 0 Å². The highest BCUT2D eigenvalue weighted by atomic mass is 35.5. The zero-order valence-electron chi connectivity index (χ0n) is 11.7. The lowest BCUT2D eigenvalue weighted by Crippen LogP contribution is -2.39. The molecule has 0 aliphatic rings. The van der Waals surface area contributed by atoms with E-state index in [2.05, 4.69) is 10.6 Å². The number of benzene rings is 2. The first-order chi connectivity index (χ1) is 10.1. The summed E-state index contributed by atoms with van der Waals surface area (Å²) in [5.74, 6) is 0.844. The molecular weight excluding hydrogens is 304 g/mol. The normalized spacial score (nSPS) is 11.5. The second-order valence-electron chi connectivity index (χ2n) is 4.60. The minimum atomic E-state index is 0.0766. The van der Waals surface area contributed by atoms with Gasteiger partial charge in [0, 0.05) is 0 Å². The molecule has 0 saturated carbocycles. The van der Waals surface area contributed by atoms with Gasteiger partial charge in [0.15, 0.2) is 5.11 Å². The Kier molecular flexibility index (Phi) is 5.84. The molecule has 5 heteroatoms. The molecule has 3 nitrogen and oxygen atoms in total. The zero-order valence-corrected chi connectivity index (χ0v) is 13.2. The molecule has 2 N–H and O–H groups in total. The molecule has 0 aliphatic carbocycles. The predicted molar refractivity (Wildman–Crippen MR) is 92.2 cm³/mol. The van der Waals surface area contributed by atoms with E-state index < -0.39 is 0 Å². The van der Waals surface area contributed by atoms with Gasteiger partial charge in [-0.25, -0.2) is 0 Å². The highest BCUT2D eigenvalue weighted by Crippen LogP contribution is 2.20. The minimum absolute atomic E-state index is 0.0766. The van der Waals surface area contributed by atoms with Crippen LogP contribution in [0.2, 0.25) is 5.02 Å². The van der Waals surface area contributed by atoms with E-state index in [-0.39, 0.29) is 6.04 Å².